The molecule has 1 unspecified atom stereocenters. The van der Waals surface area contributed by atoms with E-state index in [0.29, 0.717) is 18.3 Å². The van der Waals surface area contributed by atoms with E-state index in [1.54, 1.807) is 0 Å². The Hall–Kier alpha value is -1.79. The van der Waals surface area contributed by atoms with E-state index in [0.717, 1.165) is 6.42 Å². The molecule has 0 spiro atoms. The van der Waals surface area contributed by atoms with Crippen molar-refractivity contribution < 1.29 is 4.74 Å². The number of amidine groups is 1. The monoisotopic (exact) mass is 320 g/mol. The van der Waals surface area contributed by atoms with Gasteiger partial charge < -0.3 is 10.5 Å². The molecule has 0 aromatic rings. The molecule has 7 nitrogen and oxygen atoms in total. The molecule has 2 aliphatic rings. The molecule has 0 saturated carbocycles. The molecule has 23 heavy (non-hydrogen) atoms. The zero-order valence-electron chi connectivity index (χ0n) is 14.1. The highest BCUT2D eigenvalue weighted by atomic mass is 16.5. The van der Waals surface area contributed by atoms with Crippen LogP contribution in [0.3, 0.4) is 0 Å². The highest BCUT2D eigenvalue weighted by Crippen LogP contribution is 2.15. The summed E-state index contributed by atoms with van der Waals surface area (Å²) in [7, 11) is 0. The summed E-state index contributed by atoms with van der Waals surface area (Å²) in [6, 6.07) is -0.398. The van der Waals surface area contributed by atoms with Crippen LogP contribution in [0, 0.1) is 0 Å². The Morgan fingerprint density at radius 2 is 1.57 bits per heavy atom. The molecule has 0 bridgehead atoms. The maximum absolute atomic E-state index is 5.69. The Kier molecular flexibility index (Phi) is 7.69. The lowest BCUT2D eigenvalue weighted by Crippen LogP contribution is -2.34. The van der Waals surface area contributed by atoms with Crippen LogP contribution < -0.4 is 5.73 Å². The molecule has 0 aromatic heterocycles. The van der Waals surface area contributed by atoms with Crippen molar-refractivity contribution in [1.29, 1.82) is 0 Å². The summed E-state index contributed by atoms with van der Waals surface area (Å²) < 4.78 is 5.69. The van der Waals surface area contributed by atoms with Crippen LogP contribution in [-0.2, 0) is 4.74 Å². The van der Waals surface area contributed by atoms with Gasteiger partial charge in [-0.15, -0.1) is 10.2 Å². The molecule has 2 N–H and O–H groups in total. The minimum absolute atomic E-state index is 0.158. The van der Waals surface area contributed by atoms with E-state index in [-0.39, 0.29) is 5.96 Å². The Bertz CT molecular complexity index is 483. The minimum Gasteiger partial charge on any atom is -0.479 e. The van der Waals surface area contributed by atoms with Crippen LogP contribution in [0.1, 0.15) is 71.1 Å². The smallest absolute Gasteiger partial charge is 0.227 e. The van der Waals surface area contributed by atoms with E-state index in [1.807, 2.05) is 0 Å². The lowest BCUT2D eigenvalue weighted by molar-refractivity contribution is 0.284. The van der Waals surface area contributed by atoms with Crippen LogP contribution in [0.25, 0.3) is 0 Å². The van der Waals surface area contributed by atoms with Gasteiger partial charge in [0.1, 0.15) is 0 Å². The summed E-state index contributed by atoms with van der Waals surface area (Å²) in [5, 5.41) is 11.4. The standard InChI is InChI=1S/C16H28N6O/c1-2-3-4-5-6-7-8-9-10-11-12-23-15-13-14(21-22-20-13)18-16(17)19-15/h13H,2-12H2,1H3,(H2,17,18,20,21). The van der Waals surface area contributed by atoms with Crippen LogP contribution >= 0.6 is 0 Å². The molecule has 0 radical (unpaired) electrons. The largest absolute Gasteiger partial charge is 0.479 e. The van der Waals surface area contributed by atoms with E-state index in [1.165, 1.54) is 57.8 Å². The molecule has 0 fully saturated rings. The van der Waals surface area contributed by atoms with Crippen molar-refractivity contribution in [2.24, 2.45) is 31.2 Å². The van der Waals surface area contributed by atoms with Gasteiger partial charge in [0.25, 0.3) is 0 Å². The quantitative estimate of drug-likeness (QED) is 0.586. The normalized spacial score (nSPS) is 19.2. The SMILES string of the molecule is CCCCCCCCCCCCOC1=NC(N)=NC2=NN=NC21. The minimum atomic E-state index is -0.398. The number of unbranched alkanes of at least 4 members (excludes halogenated alkanes) is 9. The van der Waals surface area contributed by atoms with Crippen molar-refractivity contribution in [3.63, 3.8) is 0 Å². The molecule has 128 valence electrons. The molecule has 0 aromatic carbocycles. The number of aliphatic imine (C=N–C) groups is 2. The molecule has 0 aliphatic carbocycles. The number of nitrogens with zero attached hydrogens (tertiary/aromatic N) is 5. The highest BCUT2D eigenvalue weighted by molar-refractivity contribution is 6.17. The van der Waals surface area contributed by atoms with E-state index >= 15 is 0 Å². The predicted octanol–water partition coefficient (Wildman–Crippen LogP) is 3.80. The Morgan fingerprint density at radius 1 is 0.913 bits per heavy atom. The molecule has 1 atom stereocenters. The molecule has 7 heteroatoms. The summed E-state index contributed by atoms with van der Waals surface area (Å²) in [5.41, 5.74) is 5.63. The summed E-state index contributed by atoms with van der Waals surface area (Å²) >= 11 is 0. The lowest BCUT2D eigenvalue weighted by atomic mass is 10.1. The maximum atomic E-state index is 5.69. The number of ether oxygens (including phenoxy) is 1. The average Bonchev–Trinajstić information content (AvgIpc) is 3.00. The third-order valence-corrected chi connectivity index (χ3v) is 3.99. The average molecular weight is 320 g/mol. The van der Waals surface area contributed by atoms with Gasteiger partial charge in [-0.25, -0.2) is 0 Å². The van der Waals surface area contributed by atoms with Crippen molar-refractivity contribution in [2.75, 3.05) is 6.61 Å². The summed E-state index contributed by atoms with van der Waals surface area (Å²) in [4.78, 5) is 8.08. The summed E-state index contributed by atoms with van der Waals surface area (Å²) in [5.74, 6) is 1.09. The van der Waals surface area contributed by atoms with Crippen molar-refractivity contribution in [3.05, 3.63) is 0 Å². The second-order valence-corrected chi connectivity index (χ2v) is 6.02. The summed E-state index contributed by atoms with van der Waals surface area (Å²) in [6.07, 6.45) is 13.0. The molecular weight excluding hydrogens is 292 g/mol. The number of nitrogens with two attached hydrogens (primary N) is 1. The van der Waals surface area contributed by atoms with Gasteiger partial charge in [0.05, 0.1) is 6.61 Å². The van der Waals surface area contributed by atoms with Gasteiger partial charge in [-0.2, -0.15) is 9.98 Å². The maximum Gasteiger partial charge on any atom is 0.227 e. The van der Waals surface area contributed by atoms with Gasteiger partial charge in [-0.1, -0.05) is 64.7 Å². The molecule has 0 saturated heterocycles. The Balaban J connectivity index is 1.49. The van der Waals surface area contributed by atoms with Crippen molar-refractivity contribution >= 4 is 17.7 Å². The van der Waals surface area contributed by atoms with Crippen molar-refractivity contribution in [3.8, 4) is 0 Å². The summed E-state index contributed by atoms with van der Waals surface area (Å²) in [6.45, 7) is 2.88. The second kappa shape index (κ2) is 10.1. The first-order valence-electron chi connectivity index (χ1n) is 8.84. The zero-order valence-corrected chi connectivity index (χ0v) is 14.1. The van der Waals surface area contributed by atoms with Crippen LogP contribution in [0.5, 0.6) is 0 Å². The molecule has 2 aliphatic heterocycles. The van der Waals surface area contributed by atoms with E-state index in [2.05, 4.69) is 32.3 Å². The fourth-order valence-corrected chi connectivity index (χ4v) is 2.67. The number of hydrogen-bond acceptors (Lipinski definition) is 7. The molecule has 0 amide bonds. The van der Waals surface area contributed by atoms with Crippen LogP contribution in [0.4, 0.5) is 0 Å². The van der Waals surface area contributed by atoms with Crippen LogP contribution in [0.15, 0.2) is 25.4 Å². The van der Waals surface area contributed by atoms with Gasteiger partial charge >= 0.3 is 0 Å². The first-order valence-corrected chi connectivity index (χ1v) is 8.84. The topological polar surface area (TPSA) is 97.0 Å². The third-order valence-electron chi connectivity index (χ3n) is 3.99. The number of hydrogen-bond donors (Lipinski definition) is 1. The predicted molar refractivity (Wildman–Crippen MR) is 92.9 cm³/mol. The van der Waals surface area contributed by atoms with Crippen LogP contribution in [0.2, 0.25) is 0 Å². The fourth-order valence-electron chi connectivity index (χ4n) is 2.67. The molecule has 2 rings (SSSR count). The lowest BCUT2D eigenvalue weighted by Gasteiger charge is -2.15. The molecule has 2 heterocycles. The van der Waals surface area contributed by atoms with Crippen molar-refractivity contribution in [2.45, 2.75) is 77.2 Å². The highest BCUT2D eigenvalue weighted by Gasteiger charge is 2.31. The van der Waals surface area contributed by atoms with E-state index in [9.17, 15) is 0 Å². The van der Waals surface area contributed by atoms with Gasteiger partial charge in [0.2, 0.25) is 17.9 Å². The first kappa shape index (κ1) is 17.6. The fraction of sp³-hybridized carbons (Fsp3) is 0.812. The number of guanidine groups is 1. The Labute approximate surface area is 138 Å². The number of rotatable bonds is 11. The van der Waals surface area contributed by atoms with E-state index in [4.69, 9.17) is 10.5 Å². The van der Waals surface area contributed by atoms with Gasteiger partial charge in [0.15, 0.2) is 5.84 Å². The molecular formula is C16H28N6O. The zero-order chi connectivity index (χ0) is 16.3. The van der Waals surface area contributed by atoms with Crippen molar-refractivity contribution in [1.82, 2.24) is 0 Å². The Morgan fingerprint density at radius 3 is 2.26 bits per heavy atom. The second-order valence-electron chi connectivity index (χ2n) is 6.02. The van der Waals surface area contributed by atoms with E-state index < -0.39 is 6.04 Å². The number of fused-ring (bicyclic) bond motifs is 1. The van der Waals surface area contributed by atoms with Gasteiger partial charge in [0, 0.05) is 0 Å². The van der Waals surface area contributed by atoms with Crippen LogP contribution in [-0.4, -0.2) is 30.3 Å². The first-order chi connectivity index (χ1) is 11.3. The van der Waals surface area contributed by atoms with Gasteiger partial charge in [-0.3, -0.25) is 0 Å². The third kappa shape index (κ3) is 6.08. The van der Waals surface area contributed by atoms with Gasteiger partial charge in [-0.05, 0) is 11.6 Å².